The van der Waals surface area contributed by atoms with E-state index in [0.29, 0.717) is 23.0 Å². The van der Waals surface area contributed by atoms with Crippen LogP contribution in [-0.2, 0) is 24.7 Å². The van der Waals surface area contributed by atoms with Crippen molar-refractivity contribution in [2.75, 3.05) is 6.54 Å². The van der Waals surface area contributed by atoms with Gasteiger partial charge in [-0.3, -0.25) is 10.1 Å². The molecule has 2 aromatic heterocycles. The van der Waals surface area contributed by atoms with Gasteiger partial charge in [0.15, 0.2) is 11.0 Å². The quantitative estimate of drug-likeness (QED) is 0.673. The van der Waals surface area contributed by atoms with Gasteiger partial charge in [0.05, 0.1) is 10.1 Å². The molecule has 2 atom stereocenters. The summed E-state index contributed by atoms with van der Waals surface area (Å²) >= 11 is 3.10. The number of urea groups is 1. The number of nitrogens with one attached hydrogen (secondary N) is 2. The third-order valence-corrected chi connectivity index (χ3v) is 7.96. The molecule has 0 saturated carbocycles. The van der Waals surface area contributed by atoms with E-state index in [2.05, 4.69) is 47.7 Å². The van der Waals surface area contributed by atoms with Crippen molar-refractivity contribution in [1.82, 2.24) is 25.4 Å². The van der Waals surface area contributed by atoms with E-state index in [1.54, 1.807) is 25.2 Å². The Balaban J connectivity index is 1.71. The number of carbonyl (C=O) groups excluding carboxylic acids is 2. The first kappa shape index (κ1) is 22.8. The molecule has 0 spiro atoms. The number of rotatable bonds is 5. The Bertz CT molecular complexity index is 928. The molecule has 0 aliphatic heterocycles. The van der Waals surface area contributed by atoms with Gasteiger partial charge in [-0.25, -0.2) is 4.79 Å². The molecule has 0 aromatic carbocycles. The molecular weight excluding hydrogens is 418 g/mol. The summed E-state index contributed by atoms with van der Waals surface area (Å²) in [6.45, 7) is 11.0. The van der Waals surface area contributed by atoms with E-state index >= 15 is 0 Å². The molecule has 0 fully saturated rings. The standard InChI is InChI=1S/C21H31N5O2S2/c1-7-22-19(28)23-18(27)12(2)29-20-25-24-17(26(20)6)16-11-13-10-14(21(3,4)5)8-9-15(13)30-16/h11-12,14H,7-10H2,1-6H3,(H2,22,23,27,28)/t12-,14-/m1/s1. The number of fused-ring (bicyclic) bond motifs is 1. The number of hydrogen-bond acceptors (Lipinski definition) is 6. The molecule has 7 nitrogen and oxygen atoms in total. The molecule has 0 saturated heterocycles. The van der Waals surface area contributed by atoms with Crippen molar-refractivity contribution >= 4 is 35.0 Å². The summed E-state index contributed by atoms with van der Waals surface area (Å²) in [4.78, 5) is 26.4. The van der Waals surface area contributed by atoms with Crippen molar-refractivity contribution in [2.24, 2.45) is 18.4 Å². The fourth-order valence-electron chi connectivity index (χ4n) is 3.64. The van der Waals surface area contributed by atoms with E-state index in [0.717, 1.165) is 23.5 Å². The van der Waals surface area contributed by atoms with Crippen LogP contribution in [0.3, 0.4) is 0 Å². The van der Waals surface area contributed by atoms with E-state index < -0.39 is 11.3 Å². The topological polar surface area (TPSA) is 88.9 Å². The number of amides is 3. The van der Waals surface area contributed by atoms with Gasteiger partial charge >= 0.3 is 6.03 Å². The first-order valence-electron chi connectivity index (χ1n) is 10.4. The van der Waals surface area contributed by atoms with Crippen molar-refractivity contribution in [3.63, 3.8) is 0 Å². The Kier molecular flexibility index (Phi) is 6.91. The lowest BCUT2D eigenvalue weighted by atomic mass is 9.72. The summed E-state index contributed by atoms with van der Waals surface area (Å²) < 4.78 is 1.93. The molecule has 164 valence electrons. The average Bonchev–Trinajstić information content (AvgIpc) is 3.24. The smallest absolute Gasteiger partial charge is 0.321 e. The van der Waals surface area contributed by atoms with Gasteiger partial charge in [0.25, 0.3) is 0 Å². The summed E-state index contributed by atoms with van der Waals surface area (Å²) in [6, 6.07) is 1.79. The van der Waals surface area contributed by atoms with Crippen LogP contribution in [0.15, 0.2) is 11.2 Å². The Morgan fingerprint density at radius 2 is 2.10 bits per heavy atom. The highest BCUT2D eigenvalue weighted by atomic mass is 32.2. The number of carbonyl (C=O) groups is 2. The lowest BCUT2D eigenvalue weighted by Gasteiger charge is -2.33. The summed E-state index contributed by atoms with van der Waals surface area (Å²) in [5.41, 5.74) is 1.76. The number of imide groups is 1. The van der Waals surface area contributed by atoms with Gasteiger partial charge in [-0.1, -0.05) is 32.5 Å². The molecule has 30 heavy (non-hydrogen) atoms. The number of hydrogen-bond donors (Lipinski definition) is 2. The Labute approximate surface area is 186 Å². The van der Waals surface area contributed by atoms with Crippen LogP contribution in [0.2, 0.25) is 0 Å². The third-order valence-electron chi connectivity index (χ3n) is 5.59. The molecule has 0 bridgehead atoms. The average molecular weight is 450 g/mol. The van der Waals surface area contributed by atoms with Crippen molar-refractivity contribution in [3.8, 4) is 10.7 Å². The van der Waals surface area contributed by atoms with Gasteiger partial charge in [0.1, 0.15) is 0 Å². The molecule has 1 aliphatic carbocycles. The van der Waals surface area contributed by atoms with Gasteiger partial charge in [-0.15, -0.1) is 21.5 Å². The number of thioether (sulfide) groups is 1. The molecule has 1 aliphatic rings. The predicted octanol–water partition coefficient (Wildman–Crippen LogP) is 4.02. The molecule has 2 heterocycles. The fourth-order valence-corrected chi connectivity index (χ4v) is 5.68. The van der Waals surface area contributed by atoms with Crippen molar-refractivity contribution in [1.29, 1.82) is 0 Å². The number of nitrogens with zero attached hydrogens (tertiary/aromatic N) is 3. The van der Waals surface area contributed by atoms with Gasteiger partial charge in [0, 0.05) is 18.5 Å². The molecular formula is C21H31N5O2S2. The summed E-state index contributed by atoms with van der Waals surface area (Å²) in [7, 11) is 1.92. The van der Waals surface area contributed by atoms with E-state index in [9.17, 15) is 9.59 Å². The minimum atomic E-state index is -0.480. The van der Waals surface area contributed by atoms with Gasteiger partial charge in [0.2, 0.25) is 5.91 Å². The third kappa shape index (κ3) is 5.06. The van der Waals surface area contributed by atoms with Gasteiger partial charge in [-0.2, -0.15) is 0 Å². The Morgan fingerprint density at radius 1 is 1.37 bits per heavy atom. The van der Waals surface area contributed by atoms with Crippen molar-refractivity contribution < 1.29 is 9.59 Å². The normalized spacial score (nSPS) is 17.3. The van der Waals surface area contributed by atoms with Gasteiger partial charge < -0.3 is 9.88 Å². The number of aryl methyl sites for hydroxylation is 1. The Hall–Kier alpha value is -1.87. The summed E-state index contributed by atoms with van der Waals surface area (Å²) in [6.07, 6.45) is 3.47. The minimum absolute atomic E-state index is 0.319. The molecule has 2 N–H and O–H groups in total. The fraction of sp³-hybridized carbons (Fsp3) is 0.619. The van der Waals surface area contributed by atoms with E-state index in [1.165, 1.54) is 28.6 Å². The van der Waals surface area contributed by atoms with Crippen LogP contribution in [0.1, 0.15) is 51.5 Å². The highest BCUT2D eigenvalue weighted by molar-refractivity contribution is 8.00. The van der Waals surface area contributed by atoms with E-state index in [4.69, 9.17) is 0 Å². The van der Waals surface area contributed by atoms with Crippen LogP contribution in [0.4, 0.5) is 4.79 Å². The van der Waals surface area contributed by atoms with E-state index in [1.807, 2.05) is 11.6 Å². The van der Waals surface area contributed by atoms with Crippen molar-refractivity contribution in [3.05, 3.63) is 16.5 Å². The molecule has 3 amide bonds. The van der Waals surface area contributed by atoms with Crippen LogP contribution in [-0.4, -0.2) is 38.5 Å². The Morgan fingerprint density at radius 3 is 2.77 bits per heavy atom. The molecule has 0 unspecified atom stereocenters. The lowest BCUT2D eigenvalue weighted by molar-refractivity contribution is -0.119. The molecule has 3 rings (SSSR count). The van der Waals surface area contributed by atoms with Crippen LogP contribution in [0, 0.1) is 11.3 Å². The lowest BCUT2D eigenvalue weighted by Crippen LogP contribution is -2.42. The first-order valence-corrected chi connectivity index (χ1v) is 12.1. The predicted molar refractivity (Wildman–Crippen MR) is 122 cm³/mol. The summed E-state index contributed by atoms with van der Waals surface area (Å²) in [5.74, 6) is 1.16. The van der Waals surface area contributed by atoms with Gasteiger partial charge in [-0.05, 0) is 56.1 Å². The highest BCUT2D eigenvalue weighted by Crippen LogP contribution is 2.42. The van der Waals surface area contributed by atoms with Crippen molar-refractivity contribution in [2.45, 2.75) is 64.3 Å². The maximum absolute atomic E-state index is 12.2. The maximum atomic E-state index is 12.2. The second-order valence-corrected chi connectivity index (χ2v) is 11.3. The van der Waals surface area contributed by atoms with Crippen LogP contribution < -0.4 is 10.6 Å². The zero-order valence-corrected chi connectivity index (χ0v) is 20.2. The molecule has 0 radical (unpaired) electrons. The van der Waals surface area contributed by atoms with Crippen LogP contribution >= 0.6 is 23.1 Å². The minimum Gasteiger partial charge on any atom is -0.338 e. The monoisotopic (exact) mass is 449 g/mol. The first-order chi connectivity index (χ1) is 14.1. The zero-order chi connectivity index (χ0) is 22.1. The highest BCUT2D eigenvalue weighted by Gasteiger charge is 2.30. The second-order valence-electron chi connectivity index (χ2n) is 8.84. The van der Waals surface area contributed by atoms with Crippen LogP contribution in [0.25, 0.3) is 10.7 Å². The summed E-state index contributed by atoms with van der Waals surface area (Å²) in [5, 5.41) is 13.8. The second kappa shape index (κ2) is 9.09. The molecule has 9 heteroatoms. The van der Waals surface area contributed by atoms with Crippen LogP contribution in [0.5, 0.6) is 0 Å². The molecule has 2 aromatic rings. The maximum Gasteiger partial charge on any atom is 0.321 e. The SMILES string of the molecule is CCNC(=O)NC(=O)[C@@H](C)Sc1nnc(-c2cc3c(s2)CC[C@@H](C(C)(C)C)C3)n1C. The largest absolute Gasteiger partial charge is 0.338 e. The number of thiophene rings is 1. The zero-order valence-electron chi connectivity index (χ0n) is 18.5. The number of aromatic nitrogens is 3. The van der Waals surface area contributed by atoms with E-state index in [-0.39, 0.29) is 5.91 Å².